The number of alkyl halides is 3. The zero-order chi connectivity index (χ0) is 12.5. The summed E-state index contributed by atoms with van der Waals surface area (Å²) in [6, 6.07) is 9.44. The van der Waals surface area contributed by atoms with Gasteiger partial charge in [-0.1, -0.05) is 30.3 Å². The molecule has 1 saturated carbocycles. The second-order valence-electron chi connectivity index (χ2n) is 4.77. The fourth-order valence-electron chi connectivity index (χ4n) is 2.62. The molecule has 0 aromatic heterocycles. The molecule has 0 aliphatic heterocycles. The van der Waals surface area contributed by atoms with E-state index in [2.05, 4.69) is 0 Å². The van der Waals surface area contributed by atoms with E-state index >= 15 is 0 Å². The van der Waals surface area contributed by atoms with Gasteiger partial charge in [0.25, 0.3) is 0 Å². The van der Waals surface area contributed by atoms with E-state index in [0.717, 1.165) is 18.4 Å². The van der Waals surface area contributed by atoms with Gasteiger partial charge in [0.1, 0.15) is 0 Å². The zero-order valence-corrected chi connectivity index (χ0v) is 9.50. The lowest BCUT2D eigenvalue weighted by molar-refractivity contribution is -0.146. The van der Waals surface area contributed by atoms with Crippen LogP contribution in [0.2, 0.25) is 0 Å². The quantitative estimate of drug-likeness (QED) is 0.863. The van der Waals surface area contributed by atoms with Gasteiger partial charge in [0.05, 0.1) is 0 Å². The second kappa shape index (κ2) is 4.33. The molecule has 1 aromatic carbocycles. The van der Waals surface area contributed by atoms with Gasteiger partial charge >= 0.3 is 6.18 Å². The van der Waals surface area contributed by atoms with Crippen LogP contribution in [0.15, 0.2) is 30.3 Å². The smallest absolute Gasteiger partial charge is 0.330 e. The van der Waals surface area contributed by atoms with Gasteiger partial charge in [0, 0.05) is 6.42 Å². The summed E-state index contributed by atoms with van der Waals surface area (Å²) in [5, 5.41) is 0. The van der Waals surface area contributed by atoms with Crippen LogP contribution in [0.3, 0.4) is 0 Å². The summed E-state index contributed by atoms with van der Waals surface area (Å²) in [6.07, 6.45) is -3.28. The Morgan fingerprint density at radius 2 is 1.76 bits per heavy atom. The Morgan fingerprint density at radius 3 is 2.18 bits per heavy atom. The van der Waals surface area contributed by atoms with Crippen molar-refractivity contribution in [3.63, 3.8) is 0 Å². The van der Waals surface area contributed by atoms with E-state index in [-0.39, 0.29) is 12.0 Å². The minimum Gasteiger partial charge on any atom is -0.330 e. The number of hydrogen-bond donors (Lipinski definition) is 1. The monoisotopic (exact) mass is 243 g/mol. The molecule has 2 rings (SSSR count). The van der Waals surface area contributed by atoms with Crippen molar-refractivity contribution in [2.45, 2.75) is 30.9 Å². The third kappa shape index (κ3) is 2.63. The predicted molar refractivity (Wildman–Crippen MR) is 60.6 cm³/mol. The fourth-order valence-corrected chi connectivity index (χ4v) is 2.62. The van der Waals surface area contributed by atoms with Crippen molar-refractivity contribution in [2.75, 3.05) is 6.54 Å². The van der Waals surface area contributed by atoms with Gasteiger partial charge in [0.15, 0.2) is 0 Å². The molecule has 0 saturated heterocycles. The molecule has 1 aliphatic carbocycles. The van der Waals surface area contributed by atoms with E-state index in [1.165, 1.54) is 0 Å². The van der Waals surface area contributed by atoms with Gasteiger partial charge < -0.3 is 5.73 Å². The lowest BCUT2D eigenvalue weighted by atomic mass is 9.80. The molecule has 1 aliphatic rings. The van der Waals surface area contributed by atoms with Crippen molar-refractivity contribution in [3.8, 4) is 0 Å². The number of benzene rings is 1. The molecule has 4 heteroatoms. The van der Waals surface area contributed by atoms with E-state index < -0.39 is 18.5 Å². The molecule has 1 aromatic rings. The summed E-state index contributed by atoms with van der Waals surface area (Å²) >= 11 is 0. The zero-order valence-electron chi connectivity index (χ0n) is 9.50. The number of hydrogen-bond acceptors (Lipinski definition) is 1. The molecule has 17 heavy (non-hydrogen) atoms. The highest BCUT2D eigenvalue weighted by molar-refractivity contribution is 5.32. The van der Waals surface area contributed by atoms with Gasteiger partial charge in [-0.25, -0.2) is 0 Å². The van der Waals surface area contributed by atoms with E-state index in [1.54, 1.807) is 0 Å². The third-order valence-electron chi connectivity index (χ3n) is 3.68. The van der Waals surface area contributed by atoms with E-state index in [4.69, 9.17) is 5.73 Å². The molecular weight excluding hydrogens is 227 g/mol. The van der Waals surface area contributed by atoms with Crippen molar-refractivity contribution < 1.29 is 13.2 Å². The van der Waals surface area contributed by atoms with Crippen LogP contribution in [-0.4, -0.2) is 12.7 Å². The van der Waals surface area contributed by atoms with Crippen LogP contribution in [0, 0.1) is 5.92 Å². The van der Waals surface area contributed by atoms with E-state index in [1.807, 2.05) is 30.3 Å². The molecule has 0 radical (unpaired) electrons. The summed E-state index contributed by atoms with van der Waals surface area (Å²) in [5.74, 6) is -0.495. The molecule has 94 valence electrons. The molecule has 0 heterocycles. The van der Waals surface area contributed by atoms with Gasteiger partial charge in [0.2, 0.25) is 0 Å². The normalized spacial score (nSPS) is 20.0. The van der Waals surface area contributed by atoms with Gasteiger partial charge in [-0.15, -0.1) is 0 Å². The minimum atomic E-state index is -4.13. The molecule has 0 amide bonds. The Morgan fingerprint density at radius 1 is 1.18 bits per heavy atom. The predicted octanol–water partition coefficient (Wildman–Crippen LogP) is 3.25. The average Bonchev–Trinajstić information content (AvgIpc) is 3.07. The summed E-state index contributed by atoms with van der Waals surface area (Å²) in [5.41, 5.74) is 6.22. The molecule has 1 unspecified atom stereocenters. The molecular formula is C13H16F3N. The van der Waals surface area contributed by atoms with Crippen LogP contribution in [0.25, 0.3) is 0 Å². The highest BCUT2D eigenvalue weighted by Gasteiger charge is 2.52. The lowest BCUT2D eigenvalue weighted by Gasteiger charge is -2.27. The maximum atomic E-state index is 12.5. The molecule has 2 N–H and O–H groups in total. The molecule has 1 fully saturated rings. The summed E-state index contributed by atoms with van der Waals surface area (Å²) in [4.78, 5) is 0. The average molecular weight is 243 g/mol. The van der Waals surface area contributed by atoms with Crippen molar-refractivity contribution in [1.82, 2.24) is 0 Å². The van der Waals surface area contributed by atoms with Crippen molar-refractivity contribution in [1.29, 1.82) is 0 Å². The van der Waals surface area contributed by atoms with Crippen LogP contribution in [0.1, 0.15) is 24.8 Å². The number of halogens is 3. The van der Waals surface area contributed by atoms with Crippen LogP contribution in [0.4, 0.5) is 13.2 Å². The van der Waals surface area contributed by atoms with Gasteiger partial charge in [-0.2, -0.15) is 13.2 Å². The van der Waals surface area contributed by atoms with Crippen LogP contribution in [0.5, 0.6) is 0 Å². The Labute approximate surface area is 98.8 Å². The standard InChI is InChI=1S/C13H16F3N/c14-13(15,16)8-11(9-17)12(6-7-12)10-4-2-1-3-5-10/h1-5,11H,6-9,17H2. The number of rotatable bonds is 4. The Kier molecular flexibility index (Phi) is 3.17. The maximum absolute atomic E-state index is 12.5. The van der Waals surface area contributed by atoms with Crippen molar-refractivity contribution >= 4 is 0 Å². The Balaban J connectivity index is 2.20. The molecule has 0 bridgehead atoms. The minimum absolute atomic E-state index is 0.0917. The van der Waals surface area contributed by atoms with E-state index in [0.29, 0.717) is 0 Å². The first-order valence-electron chi connectivity index (χ1n) is 5.80. The molecule has 0 spiro atoms. The first-order chi connectivity index (χ1) is 7.98. The number of nitrogens with two attached hydrogens (primary N) is 1. The highest BCUT2D eigenvalue weighted by Crippen LogP contribution is 2.55. The Hall–Kier alpha value is -1.03. The first kappa shape index (κ1) is 12.4. The molecule has 1 nitrogen and oxygen atoms in total. The topological polar surface area (TPSA) is 26.0 Å². The van der Waals surface area contributed by atoms with Crippen molar-refractivity contribution in [2.24, 2.45) is 11.7 Å². The van der Waals surface area contributed by atoms with Crippen molar-refractivity contribution in [3.05, 3.63) is 35.9 Å². The SMILES string of the molecule is NCC(CC(F)(F)F)C1(c2ccccc2)CC1. The van der Waals surface area contributed by atoms with Crippen LogP contribution in [-0.2, 0) is 5.41 Å². The third-order valence-corrected chi connectivity index (χ3v) is 3.68. The first-order valence-corrected chi connectivity index (χ1v) is 5.80. The summed E-state index contributed by atoms with van der Waals surface area (Å²) in [6.45, 7) is 0.0917. The summed E-state index contributed by atoms with van der Waals surface area (Å²) in [7, 11) is 0. The maximum Gasteiger partial charge on any atom is 0.389 e. The Bertz CT molecular complexity index is 368. The largest absolute Gasteiger partial charge is 0.389 e. The van der Waals surface area contributed by atoms with Crippen LogP contribution >= 0.6 is 0 Å². The highest BCUT2D eigenvalue weighted by atomic mass is 19.4. The lowest BCUT2D eigenvalue weighted by Crippen LogP contribution is -2.32. The summed E-state index contributed by atoms with van der Waals surface area (Å²) < 4.78 is 37.5. The molecule has 1 atom stereocenters. The van der Waals surface area contributed by atoms with Gasteiger partial charge in [-0.05, 0) is 36.3 Å². The van der Waals surface area contributed by atoms with Crippen LogP contribution < -0.4 is 5.73 Å². The van der Waals surface area contributed by atoms with E-state index in [9.17, 15) is 13.2 Å². The second-order valence-corrected chi connectivity index (χ2v) is 4.77. The fraction of sp³-hybridized carbons (Fsp3) is 0.538. The van der Waals surface area contributed by atoms with Gasteiger partial charge in [-0.3, -0.25) is 0 Å².